The van der Waals surface area contributed by atoms with Crippen molar-refractivity contribution in [1.29, 1.82) is 0 Å². The molecule has 0 bridgehead atoms. The Kier molecular flexibility index (Phi) is 6.41. The highest BCUT2D eigenvalue weighted by molar-refractivity contribution is 6.21. The Morgan fingerprint density at radius 2 is 1.73 bits per heavy atom. The molecule has 9 heteroatoms. The van der Waals surface area contributed by atoms with Crippen LogP contribution < -0.4 is 9.47 Å². The van der Waals surface area contributed by atoms with Gasteiger partial charge in [0.2, 0.25) is 0 Å². The molecule has 30 heavy (non-hydrogen) atoms. The molecule has 0 atom stereocenters. The van der Waals surface area contributed by atoms with Crippen LogP contribution in [0.25, 0.3) is 6.08 Å². The van der Waals surface area contributed by atoms with Gasteiger partial charge < -0.3 is 14.2 Å². The van der Waals surface area contributed by atoms with Crippen LogP contribution in [0, 0.1) is 0 Å². The quantitative estimate of drug-likeness (QED) is 0.373. The number of hydrogen-bond acceptors (Lipinski definition) is 6. The van der Waals surface area contributed by atoms with Crippen molar-refractivity contribution in [3.05, 3.63) is 65.2 Å². The standard InChI is InChI=1S/C21H17F2NO6/c1-28-17-12-13(6-8-16(17)30-21(22)23)7-9-18(25)29-11-10-24-19(26)14-4-2-3-5-15(14)20(24)27/h2-9,12,21H,10-11H2,1H3/b9-7-. The van der Waals surface area contributed by atoms with Gasteiger partial charge in [-0.2, -0.15) is 8.78 Å². The zero-order chi connectivity index (χ0) is 21.7. The van der Waals surface area contributed by atoms with E-state index in [1.807, 2.05) is 0 Å². The maximum atomic E-state index is 12.3. The first-order chi connectivity index (χ1) is 14.4. The first-order valence-electron chi connectivity index (χ1n) is 8.83. The molecule has 0 aromatic heterocycles. The number of hydrogen-bond donors (Lipinski definition) is 0. The molecule has 0 N–H and O–H groups in total. The van der Waals surface area contributed by atoms with Crippen molar-refractivity contribution in [3.8, 4) is 11.5 Å². The minimum Gasteiger partial charge on any atom is -0.493 e. The van der Waals surface area contributed by atoms with Crippen molar-refractivity contribution in [2.75, 3.05) is 20.3 Å². The molecule has 0 fully saturated rings. The van der Waals surface area contributed by atoms with Crippen molar-refractivity contribution < 1.29 is 37.4 Å². The number of benzene rings is 2. The van der Waals surface area contributed by atoms with Gasteiger partial charge in [0.05, 0.1) is 24.8 Å². The first-order valence-corrected chi connectivity index (χ1v) is 8.83. The Hall–Kier alpha value is -3.75. The summed E-state index contributed by atoms with van der Waals surface area (Å²) >= 11 is 0. The van der Waals surface area contributed by atoms with Gasteiger partial charge in [0.15, 0.2) is 11.5 Å². The number of alkyl halides is 2. The number of fused-ring (bicyclic) bond motifs is 1. The average molecular weight is 417 g/mol. The molecule has 0 saturated heterocycles. The summed E-state index contributed by atoms with van der Waals surface area (Å²) in [5, 5.41) is 0. The molecule has 7 nitrogen and oxygen atoms in total. The minimum absolute atomic E-state index is 0.0700. The highest BCUT2D eigenvalue weighted by Gasteiger charge is 2.34. The molecule has 0 aliphatic carbocycles. The van der Waals surface area contributed by atoms with E-state index < -0.39 is 24.4 Å². The molecule has 0 saturated carbocycles. The SMILES string of the molecule is COc1cc(/C=C\C(=O)OCCN2C(=O)c3ccccc3C2=O)ccc1OC(F)F. The highest BCUT2D eigenvalue weighted by atomic mass is 19.3. The number of rotatable bonds is 8. The predicted octanol–water partition coefficient (Wildman–Crippen LogP) is 3.15. The summed E-state index contributed by atoms with van der Waals surface area (Å²) in [5.74, 6) is -1.61. The summed E-state index contributed by atoms with van der Waals surface area (Å²) < 4.78 is 39.0. The van der Waals surface area contributed by atoms with Crippen molar-refractivity contribution in [2.24, 2.45) is 0 Å². The third kappa shape index (κ3) is 4.62. The van der Waals surface area contributed by atoms with Crippen LogP contribution in [0.15, 0.2) is 48.5 Å². The van der Waals surface area contributed by atoms with Crippen LogP contribution >= 0.6 is 0 Å². The second kappa shape index (κ2) is 9.17. The number of nitrogens with zero attached hydrogens (tertiary/aromatic N) is 1. The third-order valence-electron chi connectivity index (χ3n) is 4.25. The van der Waals surface area contributed by atoms with Crippen LogP contribution in [0.4, 0.5) is 8.78 Å². The van der Waals surface area contributed by atoms with Crippen molar-refractivity contribution in [3.63, 3.8) is 0 Å². The van der Waals surface area contributed by atoms with Crippen molar-refractivity contribution >= 4 is 23.9 Å². The van der Waals surface area contributed by atoms with Crippen LogP contribution in [0.5, 0.6) is 11.5 Å². The number of amides is 2. The summed E-state index contributed by atoms with van der Waals surface area (Å²) in [6.07, 6.45) is 2.53. The van der Waals surface area contributed by atoms with Gasteiger partial charge in [-0.15, -0.1) is 0 Å². The van der Waals surface area contributed by atoms with Crippen LogP contribution in [0.1, 0.15) is 26.3 Å². The van der Waals surface area contributed by atoms with Gasteiger partial charge in [-0.3, -0.25) is 14.5 Å². The van der Waals surface area contributed by atoms with E-state index in [9.17, 15) is 23.2 Å². The fraction of sp³-hybridized carbons (Fsp3) is 0.190. The molecular weight excluding hydrogens is 400 g/mol. The molecule has 2 aromatic rings. The van der Waals surface area contributed by atoms with Gasteiger partial charge in [0.25, 0.3) is 11.8 Å². The maximum Gasteiger partial charge on any atom is 0.387 e. The van der Waals surface area contributed by atoms with Gasteiger partial charge in [-0.1, -0.05) is 18.2 Å². The van der Waals surface area contributed by atoms with Crippen molar-refractivity contribution in [1.82, 2.24) is 4.90 Å². The van der Waals surface area contributed by atoms with E-state index in [4.69, 9.17) is 9.47 Å². The molecule has 3 rings (SSSR count). The molecular formula is C21H17F2NO6. The lowest BCUT2D eigenvalue weighted by molar-refractivity contribution is -0.137. The Morgan fingerprint density at radius 3 is 2.33 bits per heavy atom. The number of halogens is 2. The van der Waals surface area contributed by atoms with E-state index in [-0.39, 0.29) is 24.7 Å². The van der Waals surface area contributed by atoms with E-state index in [0.29, 0.717) is 16.7 Å². The van der Waals surface area contributed by atoms with E-state index in [1.165, 1.54) is 31.4 Å². The normalized spacial score (nSPS) is 13.1. The fourth-order valence-corrected chi connectivity index (χ4v) is 2.87. The van der Waals surface area contributed by atoms with Crippen LogP contribution in [0.2, 0.25) is 0 Å². The summed E-state index contributed by atoms with van der Waals surface area (Å²) in [7, 11) is 1.30. The summed E-state index contributed by atoms with van der Waals surface area (Å²) in [4.78, 5) is 37.4. The van der Waals surface area contributed by atoms with E-state index in [0.717, 1.165) is 11.0 Å². The monoisotopic (exact) mass is 417 g/mol. The van der Waals surface area contributed by atoms with E-state index >= 15 is 0 Å². The zero-order valence-corrected chi connectivity index (χ0v) is 15.8. The van der Waals surface area contributed by atoms with Gasteiger partial charge in [-0.25, -0.2) is 4.79 Å². The number of methoxy groups -OCH3 is 1. The maximum absolute atomic E-state index is 12.3. The molecule has 0 spiro atoms. The molecule has 1 heterocycles. The molecule has 2 aromatic carbocycles. The largest absolute Gasteiger partial charge is 0.493 e. The summed E-state index contributed by atoms with van der Waals surface area (Å²) in [6, 6.07) is 10.6. The fourth-order valence-electron chi connectivity index (χ4n) is 2.87. The topological polar surface area (TPSA) is 82.1 Å². The predicted molar refractivity (Wildman–Crippen MR) is 101 cm³/mol. The average Bonchev–Trinajstić information content (AvgIpc) is 2.97. The number of esters is 1. The molecule has 156 valence electrons. The third-order valence-corrected chi connectivity index (χ3v) is 4.25. The Bertz CT molecular complexity index is 970. The Morgan fingerprint density at radius 1 is 1.07 bits per heavy atom. The molecule has 0 unspecified atom stereocenters. The Balaban J connectivity index is 1.53. The number of carbonyl (C=O) groups excluding carboxylic acids is 3. The van der Waals surface area contributed by atoms with Gasteiger partial charge >= 0.3 is 12.6 Å². The number of ether oxygens (including phenoxy) is 3. The number of imide groups is 1. The minimum atomic E-state index is -2.99. The van der Waals surface area contributed by atoms with Crippen LogP contribution in [-0.4, -0.2) is 49.6 Å². The molecule has 1 aliphatic rings. The lowest BCUT2D eigenvalue weighted by Gasteiger charge is -2.13. The lowest BCUT2D eigenvalue weighted by Crippen LogP contribution is -2.33. The first kappa shape index (κ1) is 21.0. The molecule has 2 amide bonds. The zero-order valence-electron chi connectivity index (χ0n) is 15.8. The number of carbonyl (C=O) groups is 3. The van der Waals surface area contributed by atoms with Gasteiger partial charge in [0.1, 0.15) is 6.61 Å². The second-order valence-electron chi connectivity index (χ2n) is 6.10. The van der Waals surface area contributed by atoms with Crippen LogP contribution in [0.3, 0.4) is 0 Å². The smallest absolute Gasteiger partial charge is 0.387 e. The van der Waals surface area contributed by atoms with Gasteiger partial charge in [-0.05, 0) is 35.9 Å². The molecule has 0 radical (unpaired) electrons. The van der Waals surface area contributed by atoms with Crippen molar-refractivity contribution in [2.45, 2.75) is 6.61 Å². The highest BCUT2D eigenvalue weighted by Crippen LogP contribution is 2.29. The molecule has 1 aliphatic heterocycles. The van der Waals surface area contributed by atoms with E-state index in [2.05, 4.69) is 4.74 Å². The lowest BCUT2D eigenvalue weighted by atomic mass is 10.1. The van der Waals surface area contributed by atoms with Gasteiger partial charge in [0, 0.05) is 6.08 Å². The summed E-state index contributed by atoms with van der Waals surface area (Å²) in [5.41, 5.74) is 1.13. The summed E-state index contributed by atoms with van der Waals surface area (Å²) in [6.45, 7) is -3.23. The van der Waals surface area contributed by atoms with Crippen LogP contribution in [-0.2, 0) is 9.53 Å². The Labute approximate surface area is 170 Å². The van der Waals surface area contributed by atoms with E-state index in [1.54, 1.807) is 24.3 Å². The second-order valence-corrected chi connectivity index (χ2v) is 6.10.